The number of halogens is 2. The lowest BCUT2D eigenvalue weighted by Crippen LogP contribution is -2.51. The van der Waals surface area contributed by atoms with Gasteiger partial charge in [0.15, 0.2) is 5.96 Å². The summed E-state index contributed by atoms with van der Waals surface area (Å²) in [5.41, 5.74) is 0.944. The van der Waals surface area contributed by atoms with Crippen LogP contribution in [0.1, 0.15) is 29.7 Å². The van der Waals surface area contributed by atoms with Crippen LogP contribution in [-0.4, -0.2) is 43.7 Å². The number of hydrogen-bond acceptors (Lipinski definition) is 4. The van der Waals surface area contributed by atoms with Gasteiger partial charge in [-0.25, -0.2) is 9.37 Å². The van der Waals surface area contributed by atoms with Gasteiger partial charge in [-0.05, 0) is 37.5 Å². The van der Waals surface area contributed by atoms with Gasteiger partial charge in [0.05, 0.1) is 5.01 Å². The van der Waals surface area contributed by atoms with E-state index in [4.69, 9.17) is 0 Å². The third-order valence-corrected chi connectivity index (χ3v) is 5.94. The highest BCUT2D eigenvalue weighted by molar-refractivity contribution is 14.0. The van der Waals surface area contributed by atoms with Crippen molar-refractivity contribution in [2.45, 2.75) is 38.6 Å². The molecule has 1 aromatic carbocycles. The van der Waals surface area contributed by atoms with Crippen LogP contribution in [-0.2, 0) is 12.8 Å². The van der Waals surface area contributed by atoms with Crippen molar-refractivity contribution in [1.29, 1.82) is 0 Å². The van der Waals surface area contributed by atoms with E-state index in [0.29, 0.717) is 6.04 Å². The van der Waals surface area contributed by atoms with Gasteiger partial charge >= 0.3 is 0 Å². The molecule has 0 aliphatic carbocycles. The number of aliphatic imine (C=N–C) groups is 1. The lowest BCUT2D eigenvalue weighted by Gasteiger charge is -2.35. The molecule has 2 N–H and O–H groups in total. The Kier molecular flexibility index (Phi) is 9.43. The molecule has 1 aliphatic heterocycles. The van der Waals surface area contributed by atoms with E-state index >= 15 is 0 Å². The standard InChI is InChI=1S/C20H28FN5S.HI/c1-3-18-13-24-19(27-18)9-10-23-20(22-2)25-16-7-5-11-26(14-16)17-8-4-6-15(21)12-17;/h4,6,8,12-13,16H,3,5,7,9-11,14H2,1-2H3,(H2,22,23,25);1H. The summed E-state index contributed by atoms with van der Waals surface area (Å²) in [5.74, 6) is 0.627. The van der Waals surface area contributed by atoms with E-state index < -0.39 is 0 Å². The summed E-state index contributed by atoms with van der Waals surface area (Å²) in [6.45, 7) is 4.75. The van der Waals surface area contributed by atoms with Gasteiger partial charge in [-0.15, -0.1) is 35.3 Å². The highest BCUT2D eigenvalue weighted by Crippen LogP contribution is 2.20. The fourth-order valence-electron chi connectivity index (χ4n) is 3.31. The Labute approximate surface area is 187 Å². The molecule has 5 nitrogen and oxygen atoms in total. The zero-order valence-electron chi connectivity index (χ0n) is 16.4. The molecule has 1 fully saturated rings. The van der Waals surface area contributed by atoms with E-state index in [2.05, 4.69) is 32.4 Å². The topological polar surface area (TPSA) is 52.6 Å². The Balaban J connectivity index is 0.00000280. The van der Waals surface area contributed by atoms with Gasteiger partial charge in [0.1, 0.15) is 5.82 Å². The smallest absolute Gasteiger partial charge is 0.191 e. The van der Waals surface area contributed by atoms with Gasteiger partial charge in [-0.2, -0.15) is 0 Å². The molecule has 0 amide bonds. The molecule has 0 radical (unpaired) electrons. The zero-order valence-corrected chi connectivity index (χ0v) is 19.6. The van der Waals surface area contributed by atoms with Crippen LogP contribution >= 0.6 is 35.3 Å². The minimum atomic E-state index is -0.187. The molecule has 1 aromatic heterocycles. The van der Waals surface area contributed by atoms with Gasteiger partial charge in [-0.1, -0.05) is 13.0 Å². The van der Waals surface area contributed by atoms with E-state index in [1.54, 1.807) is 30.5 Å². The maximum Gasteiger partial charge on any atom is 0.191 e. The number of guanidine groups is 1. The van der Waals surface area contributed by atoms with Crippen molar-refractivity contribution in [1.82, 2.24) is 15.6 Å². The van der Waals surface area contributed by atoms with E-state index in [1.807, 2.05) is 12.3 Å². The molecule has 2 aromatic rings. The van der Waals surface area contributed by atoms with Crippen LogP contribution < -0.4 is 15.5 Å². The summed E-state index contributed by atoms with van der Waals surface area (Å²) in [6, 6.07) is 7.12. The number of hydrogen-bond donors (Lipinski definition) is 2. The molecular formula is C20H29FIN5S. The average Bonchev–Trinajstić information content (AvgIpc) is 3.15. The minimum Gasteiger partial charge on any atom is -0.369 e. The Bertz CT molecular complexity index is 767. The number of rotatable bonds is 6. The predicted molar refractivity (Wildman–Crippen MR) is 127 cm³/mol. The quantitative estimate of drug-likeness (QED) is 0.348. The monoisotopic (exact) mass is 517 g/mol. The predicted octanol–water partition coefficient (Wildman–Crippen LogP) is 3.84. The summed E-state index contributed by atoms with van der Waals surface area (Å²) in [4.78, 5) is 12.4. The summed E-state index contributed by atoms with van der Waals surface area (Å²) in [6.07, 6.45) is 6.06. The number of aromatic nitrogens is 1. The first-order valence-electron chi connectivity index (χ1n) is 9.59. The number of nitrogens with one attached hydrogen (secondary N) is 2. The van der Waals surface area contributed by atoms with Gasteiger partial charge < -0.3 is 15.5 Å². The van der Waals surface area contributed by atoms with E-state index in [9.17, 15) is 4.39 Å². The molecule has 8 heteroatoms. The summed E-state index contributed by atoms with van der Waals surface area (Å²) >= 11 is 1.78. The molecular weight excluding hydrogens is 488 g/mol. The van der Waals surface area contributed by atoms with Gasteiger partial charge in [-0.3, -0.25) is 4.99 Å². The Morgan fingerprint density at radius 3 is 3.00 bits per heavy atom. The second-order valence-electron chi connectivity index (χ2n) is 6.73. The first-order valence-corrected chi connectivity index (χ1v) is 10.4. The lowest BCUT2D eigenvalue weighted by molar-refractivity contribution is 0.467. The first kappa shape index (κ1) is 22.9. The van der Waals surface area contributed by atoms with Crippen LogP contribution in [0.5, 0.6) is 0 Å². The maximum atomic E-state index is 13.5. The number of benzene rings is 1. The summed E-state index contributed by atoms with van der Waals surface area (Å²) in [5, 5.41) is 8.05. The van der Waals surface area contributed by atoms with E-state index in [-0.39, 0.29) is 29.8 Å². The fraction of sp³-hybridized carbons (Fsp3) is 0.500. The van der Waals surface area contributed by atoms with Crippen molar-refractivity contribution in [3.8, 4) is 0 Å². The molecule has 154 valence electrons. The second kappa shape index (κ2) is 11.5. The summed E-state index contributed by atoms with van der Waals surface area (Å²) in [7, 11) is 1.79. The maximum absolute atomic E-state index is 13.5. The molecule has 28 heavy (non-hydrogen) atoms. The van der Waals surface area contributed by atoms with Crippen molar-refractivity contribution >= 4 is 47.0 Å². The molecule has 2 heterocycles. The fourth-order valence-corrected chi connectivity index (χ4v) is 4.17. The molecule has 1 aliphatic rings. The normalized spacial score (nSPS) is 17.2. The SMILES string of the molecule is CCc1cnc(CCNC(=NC)NC2CCCN(c3cccc(F)c3)C2)s1.I. The first-order chi connectivity index (χ1) is 13.2. The number of nitrogens with zero attached hydrogens (tertiary/aromatic N) is 3. The zero-order chi connectivity index (χ0) is 19.1. The van der Waals surface area contributed by atoms with Crippen LogP contribution in [0.4, 0.5) is 10.1 Å². The molecule has 1 unspecified atom stereocenters. The minimum absolute atomic E-state index is 0. The van der Waals surface area contributed by atoms with E-state index in [1.165, 1.54) is 10.9 Å². The highest BCUT2D eigenvalue weighted by atomic mass is 127. The third-order valence-electron chi connectivity index (χ3n) is 4.74. The van der Waals surface area contributed by atoms with Gasteiger partial charge in [0, 0.05) is 55.9 Å². The van der Waals surface area contributed by atoms with Crippen molar-refractivity contribution < 1.29 is 4.39 Å². The average molecular weight is 517 g/mol. The second-order valence-corrected chi connectivity index (χ2v) is 7.93. The lowest BCUT2D eigenvalue weighted by atomic mass is 10.0. The van der Waals surface area contributed by atoms with Crippen LogP contribution in [0.2, 0.25) is 0 Å². The van der Waals surface area contributed by atoms with Crippen molar-refractivity contribution in [2.24, 2.45) is 4.99 Å². The van der Waals surface area contributed by atoms with Crippen LogP contribution in [0.3, 0.4) is 0 Å². The summed E-state index contributed by atoms with van der Waals surface area (Å²) < 4.78 is 13.5. The van der Waals surface area contributed by atoms with Crippen LogP contribution in [0.25, 0.3) is 0 Å². The molecule has 0 saturated carbocycles. The number of aryl methyl sites for hydroxylation is 1. The Morgan fingerprint density at radius 1 is 1.43 bits per heavy atom. The largest absolute Gasteiger partial charge is 0.369 e. The molecule has 0 spiro atoms. The molecule has 0 bridgehead atoms. The number of anilines is 1. The molecule has 1 saturated heterocycles. The molecule has 3 rings (SSSR count). The van der Waals surface area contributed by atoms with Crippen molar-refractivity contribution in [3.63, 3.8) is 0 Å². The Hall–Kier alpha value is -1.42. The van der Waals surface area contributed by atoms with Crippen LogP contribution in [0, 0.1) is 5.82 Å². The number of thiazole rings is 1. The van der Waals surface area contributed by atoms with E-state index in [0.717, 1.165) is 62.0 Å². The Morgan fingerprint density at radius 2 is 2.29 bits per heavy atom. The van der Waals surface area contributed by atoms with Crippen molar-refractivity contribution in [3.05, 3.63) is 46.2 Å². The third kappa shape index (κ3) is 6.58. The molecule has 1 atom stereocenters. The number of piperidine rings is 1. The van der Waals surface area contributed by atoms with Gasteiger partial charge in [0.2, 0.25) is 0 Å². The highest BCUT2D eigenvalue weighted by Gasteiger charge is 2.21. The van der Waals surface area contributed by atoms with Gasteiger partial charge in [0.25, 0.3) is 0 Å². The van der Waals surface area contributed by atoms with Crippen LogP contribution in [0.15, 0.2) is 35.5 Å². The van der Waals surface area contributed by atoms with Crippen molar-refractivity contribution in [2.75, 3.05) is 31.6 Å².